The van der Waals surface area contributed by atoms with Crippen LogP contribution < -0.4 is 4.90 Å². The summed E-state index contributed by atoms with van der Waals surface area (Å²) in [6.07, 6.45) is 0. The number of hydrogen-bond acceptors (Lipinski definition) is 8. The van der Waals surface area contributed by atoms with Gasteiger partial charge in [0, 0.05) is 16.5 Å². The van der Waals surface area contributed by atoms with Crippen LogP contribution in [0.1, 0.15) is 5.56 Å². The maximum atomic E-state index is 8.82. The molecule has 3 rings (SSSR count). The predicted molar refractivity (Wildman–Crippen MR) is 155 cm³/mol. The first-order chi connectivity index (χ1) is 18.7. The summed E-state index contributed by atoms with van der Waals surface area (Å²) >= 11 is -14.3. The standard InChI is InChI=1S/C14H12ClNS.6FH.12H2O.6O.6Sb/c15-12-6-7-14-13(8-12)16(10-17-14)9-11-4-2-1-3-5-11;;;;;;;;;;;;;;;;;;;;;;;;;;;;;;/h1-8H,9-10H2;6*1H;12*1H2;;;;;;;;;;;;/q;;;;;;;;;;;;;;;;;;;;;;;;;6*+2/p-12. The van der Waals surface area contributed by atoms with Crippen molar-refractivity contribution in [1.29, 1.82) is 0 Å². The van der Waals surface area contributed by atoms with E-state index in [1.165, 1.54) is 16.1 Å². The van der Waals surface area contributed by atoms with Gasteiger partial charge >= 0.3 is 185 Å². The van der Waals surface area contributed by atoms with Gasteiger partial charge in [0.05, 0.1) is 11.6 Å². The average Bonchev–Trinajstić information content (AvgIpc) is 3.14. The molecular formula is C14H30ClF6NO18SSb6. The predicted octanol–water partition coefficient (Wildman–Crippen LogP) is -4.36. The molecule has 1 aliphatic heterocycles. The van der Waals surface area contributed by atoms with Crippen LogP contribution in [0, 0.1) is 0 Å². The quantitative estimate of drug-likeness (QED) is 0.0999. The molecule has 19 nitrogen and oxygen atoms in total. The summed E-state index contributed by atoms with van der Waals surface area (Å²) in [5.74, 6) is 1.00. The Hall–Kier alpha value is 1.69. The van der Waals surface area contributed by atoms with E-state index in [0.717, 1.165) is 17.4 Å². The Bertz CT molecular complexity index is 1010. The number of fused-ring (bicyclic) bond motifs is 1. The molecule has 12 N–H and O–H groups in total. The molecule has 0 saturated carbocycles. The van der Waals surface area contributed by atoms with Crippen molar-refractivity contribution < 1.29 is 87.0 Å². The Morgan fingerprint density at radius 2 is 0.851 bits per heavy atom. The van der Waals surface area contributed by atoms with Gasteiger partial charge in [-0.2, -0.15) is 0 Å². The van der Waals surface area contributed by atoms with Gasteiger partial charge in [-0.05, 0) is 23.8 Å². The molecule has 33 heteroatoms. The molecule has 0 fully saturated rings. The Labute approximate surface area is 319 Å². The van der Waals surface area contributed by atoms with Gasteiger partial charge in [-0.1, -0.05) is 41.9 Å². The molecule has 0 spiro atoms. The fourth-order valence-corrected chi connectivity index (χ4v) is 3.20. The van der Waals surface area contributed by atoms with Crippen LogP contribution in [-0.2, 0) is 24.6 Å². The third-order valence-corrected chi connectivity index (χ3v) is 4.19. The fraction of sp³-hybridized carbons (Fsp3) is 0.143. The minimum atomic E-state index is -3.70. The van der Waals surface area contributed by atoms with E-state index in [1.807, 2.05) is 23.9 Å². The van der Waals surface area contributed by atoms with Crippen LogP contribution in [0.2, 0.25) is 5.02 Å². The molecule has 0 aromatic heterocycles. The van der Waals surface area contributed by atoms with Crippen LogP contribution in [0.3, 0.4) is 0 Å². The molecule has 0 unspecified atom stereocenters. The first-order valence-electron chi connectivity index (χ1n) is 9.04. The molecule has 1 heterocycles. The second-order valence-corrected chi connectivity index (χ2v) is 15.7. The second-order valence-electron chi connectivity index (χ2n) is 5.59. The van der Waals surface area contributed by atoms with Gasteiger partial charge in [-0.15, -0.1) is 11.8 Å². The third kappa shape index (κ3) is 78.2. The Morgan fingerprint density at radius 1 is 0.553 bits per heavy atom. The SMILES string of the molecule is Clc1ccc2c(c1)N(Cc1ccccc1)CS2.F.F.F.F.F.F.[O]=[Sb]([OH])[OH].[O]=[Sb]([OH])[OH].[O]=[Sb]([OH])[OH].[O]=[Sb]([OH])[OH].[O]=[Sb]([OH])[OH].[O]=[Sb]([OH])[OH]. The van der Waals surface area contributed by atoms with E-state index >= 15 is 0 Å². The van der Waals surface area contributed by atoms with E-state index in [1.54, 1.807) is 0 Å². The van der Waals surface area contributed by atoms with Crippen molar-refractivity contribution >= 4 is 155 Å². The third-order valence-electron chi connectivity index (χ3n) is 2.85. The van der Waals surface area contributed by atoms with Crippen molar-refractivity contribution in [2.75, 3.05) is 10.8 Å². The summed E-state index contributed by atoms with van der Waals surface area (Å²) < 4.78 is 140. The second kappa shape index (κ2) is 49.8. The van der Waals surface area contributed by atoms with Crippen molar-refractivity contribution in [2.45, 2.75) is 11.4 Å². The van der Waals surface area contributed by atoms with Gasteiger partial charge in [0.1, 0.15) is 0 Å². The van der Waals surface area contributed by atoms with E-state index in [-0.39, 0.29) is 28.2 Å². The van der Waals surface area contributed by atoms with E-state index in [9.17, 15) is 0 Å². The summed E-state index contributed by atoms with van der Waals surface area (Å²) in [6, 6.07) is 16.6. The van der Waals surface area contributed by atoms with Crippen LogP contribution in [0.4, 0.5) is 33.9 Å². The first-order valence-corrected chi connectivity index (χ1v) is 30.4. The number of halogens is 7. The molecule has 47 heavy (non-hydrogen) atoms. The fourth-order valence-electron chi connectivity index (χ4n) is 2.01. The maximum absolute atomic E-state index is 8.82. The van der Waals surface area contributed by atoms with Crippen LogP contribution in [-0.4, -0.2) is 173 Å². The molecule has 0 aliphatic carbocycles. The molecule has 284 valence electrons. The van der Waals surface area contributed by atoms with Crippen LogP contribution in [0.5, 0.6) is 0 Å². The minimum absolute atomic E-state index is 0. The monoisotopic (exact) mass is 1410 g/mol. The summed E-state index contributed by atoms with van der Waals surface area (Å²) in [7, 11) is 0. The molecule has 2 aromatic rings. The number of nitrogens with zero attached hydrogens (tertiary/aromatic N) is 1. The van der Waals surface area contributed by atoms with Gasteiger partial charge in [0.15, 0.2) is 0 Å². The van der Waals surface area contributed by atoms with E-state index in [0.29, 0.717) is 0 Å². The van der Waals surface area contributed by atoms with E-state index in [2.05, 4.69) is 41.3 Å². The van der Waals surface area contributed by atoms with Gasteiger partial charge < -0.3 is 4.90 Å². The number of anilines is 1. The average molecular weight is 1410 g/mol. The van der Waals surface area contributed by atoms with Crippen molar-refractivity contribution in [1.82, 2.24) is 0 Å². The van der Waals surface area contributed by atoms with Crippen LogP contribution in [0.25, 0.3) is 0 Å². The summed E-state index contributed by atoms with van der Waals surface area (Å²) in [5, 5.41) is 0.810. The Kier molecular flexibility index (Phi) is 78.4. The number of hydrogen-bond donors (Lipinski definition) is 12. The molecule has 0 bridgehead atoms. The van der Waals surface area contributed by atoms with Gasteiger partial charge in [0.25, 0.3) is 0 Å². The van der Waals surface area contributed by atoms with Gasteiger partial charge in [-0.3, -0.25) is 28.2 Å². The Morgan fingerprint density at radius 3 is 1.15 bits per heavy atom. The molecule has 0 amide bonds. The van der Waals surface area contributed by atoms with Crippen molar-refractivity contribution in [2.24, 2.45) is 0 Å². The summed E-state index contributed by atoms with van der Waals surface area (Å²) in [5.41, 5.74) is 2.59. The van der Waals surface area contributed by atoms with Crippen molar-refractivity contribution in [3.05, 3.63) is 59.1 Å². The summed E-state index contributed by atoms with van der Waals surface area (Å²) in [4.78, 5) is 3.69. The zero-order valence-corrected chi connectivity index (χ0v) is 39.1. The molecular weight excluding hydrogens is 1380 g/mol. The van der Waals surface area contributed by atoms with Crippen molar-refractivity contribution in [3.8, 4) is 0 Å². The van der Waals surface area contributed by atoms with Gasteiger partial charge in [0.2, 0.25) is 0 Å². The number of benzene rings is 2. The summed E-state index contributed by atoms with van der Waals surface area (Å²) in [6.45, 7) is 0.946. The molecule has 0 atom stereocenters. The van der Waals surface area contributed by atoms with Crippen LogP contribution in [0.15, 0.2) is 53.4 Å². The van der Waals surface area contributed by atoms with E-state index in [4.69, 9.17) is 70.3 Å². The van der Waals surface area contributed by atoms with E-state index < -0.39 is 126 Å². The topological polar surface area (TPSA) is 348 Å². The molecule has 0 saturated heterocycles. The first kappa shape index (κ1) is 74.0. The van der Waals surface area contributed by atoms with Gasteiger partial charge in [-0.25, -0.2) is 0 Å². The number of rotatable bonds is 2. The Balaban J connectivity index is -0.0000000487. The molecule has 2 aromatic carbocycles. The molecule has 1 aliphatic rings. The zero-order chi connectivity index (χ0) is 33.1. The zero-order valence-electron chi connectivity index (χ0n) is 22.2. The number of thioether (sulfide) groups is 1. The molecule has 6 radical (unpaired) electrons. The van der Waals surface area contributed by atoms with Crippen molar-refractivity contribution in [3.63, 3.8) is 0 Å². The van der Waals surface area contributed by atoms with Crippen LogP contribution >= 0.6 is 23.4 Å². The normalized spacial score (nSPS) is 8.32.